The van der Waals surface area contributed by atoms with Gasteiger partial charge >= 0.3 is 11.9 Å². The highest BCUT2D eigenvalue weighted by Gasteiger charge is 2.28. The maximum atomic E-state index is 12.5. The van der Waals surface area contributed by atoms with Crippen molar-refractivity contribution < 1.29 is 24.0 Å². The molecule has 2 rings (SSSR count). The van der Waals surface area contributed by atoms with Gasteiger partial charge < -0.3 is 20.1 Å². The Morgan fingerprint density at radius 1 is 0.938 bits per heavy atom. The van der Waals surface area contributed by atoms with Gasteiger partial charge in [0.05, 0.1) is 6.61 Å². The Morgan fingerprint density at radius 2 is 1.41 bits per heavy atom. The predicted molar refractivity (Wildman–Crippen MR) is 128 cm³/mol. The highest BCUT2D eigenvalue weighted by Crippen LogP contribution is 2.40. The van der Waals surface area contributed by atoms with Crippen molar-refractivity contribution in [2.45, 2.75) is 45.7 Å². The summed E-state index contributed by atoms with van der Waals surface area (Å²) in [6.45, 7) is 5.86. The van der Waals surface area contributed by atoms with E-state index >= 15 is 0 Å². The first kappa shape index (κ1) is 27.6. The fourth-order valence-electron chi connectivity index (χ4n) is 2.92. The number of rotatable bonds is 11. The van der Waals surface area contributed by atoms with Crippen molar-refractivity contribution >= 4 is 19.2 Å². The minimum Gasteiger partial charge on any atom is -0.480 e. The summed E-state index contributed by atoms with van der Waals surface area (Å²) in [5, 5.41) is 11.6. The van der Waals surface area contributed by atoms with Crippen LogP contribution in [0.15, 0.2) is 60.7 Å². The highest BCUT2D eigenvalue weighted by atomic mass is 31.2. The van der Waals surface area contributed by atoms with E-state index in [0.29, 0.717) is 31.8 Å². The number of hydrogen-bond donors (Lipinski definition) is 3. The molecule has 8 heteroatoms. The van der Waals surface area contributed by atoms with E-state index < -0.39 is 25.3 Å². The van der Waals surface area contributed by atoms with Crippen molar-refractivity contribution in [3.63, 3.8) is 0 Å². The zero-order chi connectivity index (χ0) is 24.0. The maximum absolute atomic E-state index is 12.5. The van der Waals surface area contributed by atoms with Crippen LogP contribution < -0.4 is 10.8 Å². The molecule has 0 aliphatic rings. The smallest absolute Gasteiger partial charge is 0.323 e. The van der Waals surface area contributed by atoms with Crippen LogP contribution in [0.3, 0.4) is 0 Å². The van der Waals surface area contributed by atoms with Crippen molar-refractivity contribution in [1.29, 1.82) is 0 Å². The number of carboxylic acid groups (broad SMARTS) is 1. The number of nitrogens with one attached hydrogen (secondary N) is 1. The lowest BCUT2D eigenvalue weighted by Crippen LogP contribution is -2.38. The van der Waals surface area contributed by atoms with E-state index in [2.05, 4.69) is 5.09 Å². The van der Waals surface area contributed by atoms with Gasteiger partial charge in [0.25, 0.3) is 0 Å². The number of nitrogens with two attached hydrogens (primary N) is 1. The molecule has 0 saturated carbocycles. The summed E-state index contributed by atoms with van der Waals surface area (Å²) >= 11 is 0. The number of aliphatic carboxylic acids is 1. The molecule has 0 heterocycles. The minimum absolute atomic E-state index is 0.328. The van der Waals surface area contributed by atoms with Gasteiger partial charge in [-0.1, -0.05) is 74.5 Å². The second-order valence-electron chi connectivity index (χ2n) is 7.28. The molecule has 176 valence electrons. The van der Waals surface area contributed by atoms with Crippen LogP contribution in [0.1, 0.15) is 31.9 Å². The minimum atomic E-state index is -2.50. The van der Waals surface area contributed by atoms with Gasteiger partial charge in [0.1, 0.15) is 19.4 Å². The second kappa shape index (κ2) is 14.6. The summed E-state index contributed by atoms with van der Waals surface area (Å²) in [7, 11) is -2.50. The molecule has 2 atom stereocenters. The first-order chi connectivity index (χ1) is 15.2. The van der Waals surface area contributed by atoms with Gasteiger partial charge in [0.2, 0.25) is 0 Å². The molecule has 7 nitrogen and oxygen atoms in total. The highest BCUT2D eigenvalue weighted by molar-refractivity contribution is 7.61. The van der Waals surface area contributed by atoms with Crippen LogP contribution in [0.2, 0.25) is 0 Å². The van der Waals surface area contributed by atoms with Crippen LogP contribution in [-0.2, 0) is 31.7 Å². The van der Waals surface area contributed by atoms with Crippen LogP contribution in [0.4, 0.5) is 0 Å². The van der Waals surface area contributed by atoms with Crippen molar-refractivity contribution in [3.05, 3.63) is 71.8 Å². The lowest BCUT2D eigenvalue weighted by molar-refractivity contribution is -0.145. The fourth-order valence-corrected chi connectivity index (χ4v) is 4.50. The second-order valence-corrected chi connectivity index (χ2v) is 10.6. The maximum Gasteiger partial charge on any atom is 0.323 e. The van der Waals surface area contributed by atoms with Crippen LogP contribution >= 0.6 is 7.29 Å². The van der Waals surface area contributed by atoms with Gasteiger partial charge in [-0.05, 0) is 30.9 Å². The Hall–Kier alpha value is -2.47. The topological polar surface area (TPSA) is 119 Å². The first-order valence-electron chi connectivity index (χ1n) is 10.8. The molecule has 0 fully saturated rings. The number of ether oxygens (including phenoxy) is 1. The summed E-state index contributed by atoms with van der Waals surface area (Å²) in [6, 6.07) is 17.7. The Kier molecular flexibility index (Phi) is 12.5. The monoisotopic (exact) mass is 462 g/mol. The number of hydrogen-bond acceptors (Lipinski definition) is 5. The molecule has 0 aromatic heterocycles. The van der Waals surface area contributed by atoms with E-state index in [0.717, 1.165) is 11.1 Å². The molecule has 0 radical (unpaired) electrons. The van der Waals surface area contributed by atoms with Gasteiger partial charge in [-0.2, -0.15) is 0 Å². The molecule has 4 N–H and O–H groups in total. The Labute approximate surface area is 190 Å². The summed E-state index contributed by atoms with van der Waals surface area (Å²) < 4.78 is 17.6. The molecule has 0 saturated heterocycles. The fraction of sp³-hybridized carbons (Fsp3) is 0.417. The average Bonchev–Trinajstić information content (AvgIpc) is 2.80. The predicted octanol–water partition coefficient (Wildman–Crippen LogP) is 3.71. The van der Waals surface area contributed by atoms with E-state index in [1.165, 1.54) is 0 Å². The van der Waals surface area contributed by atoms with Gasteiger partial charge in [-0.15, -0.1) is 0 Å². The molecular weight excluding hydrogens is 427 g/mol. The van der Waals surface area contributed by atoms with Crippen molar-refractivity contribution in [1.82, 2.24) is 5.09 Å². The van der Waals surface area contributed by atoms with E-state index in [4.69, 9.17) is 15.6 Å². The molecular formula is C24H35N2O5P. The molecule has 32 heavy (non-hydrogen) atoms. The van der Waals surface area contributed by atoms with Crippen LogP contribution in [-0.4, -0.2) is 48.1 Å². The molecule has 0 amide bonds. The molecule has 0 unspecified atom stereocenters. The van der Waals surface area contributed by atoms with E-state index in [1.807, 2.05) is 74.5 Å². The zero-order valence-electron chi connectivity index (χ0n) is 19.1. The molecule has 0 aliphatic heterocycles. The van der Waals surface area contributed by atoms with Crippen LogP contribution in [0, 0.1) is 0 Å². The Bertz CT molecular complexity index is 853. The van der Waals surface area contributed by atoms with Gasteiger partial charge in [-0.3, -0.25) is 14.7 Å². The van der Waals surface area contributed by atoms with Crippen molar-refractivity contribution in [2.75, 3.05) is 18.9 Å². The third-order valence-corrected chi connectivity index (χ3v) is 7.71. The van der Waals surface area contributed by atoms with Crippen LogP contribution in [0.25, 0.3) is 0 Å². The normalized spacial score (nSPS) is 12.8. The average molecular weight is 463 g/mol. The number of esters is 1. The Balaban J connectivity index is 0.000000363. The third kappa shape index (κ3) is 10.2. The molecule has 2 aromatic rings. The third-order valence-electron chi connectivity index (χ3n) is 4.88. The first-order valence-corrected chi connectivity index (χ1v) is 12.9. The standard InChI is InChI=1S/C15H24NO3P.C9H11NO2/c1-4-19-15(17)14(16-20(18,5-2)6-3)12-13-10-8-7-9-11-13;10-8(9(11)12)6-7-4-2-1-3-5-7/h7-11,14H,4-6,12H2,1-3H3,(H,16,18);1-5,8H,6,10H2,(H,11,12)/t14-;8-/m00/s1. The Morgan fingerprint density at radius 3 is 1.81 bits per heavy atom. The van der Waals surface area contributed by atoms with E-state index in [-0.39, 0.29) is 5.97 Å². The summed E-state index contributed by atoms with van der Waals surface area (Å²) in [4.78, 5) is 22.4. The largest absolute Gasteiger partial charge is 0.480 e. The summed E-state index contributed by atoms with van der Waals surface area (Å²) in [5.41, 5.74) is 7.33. The number of benzene rings is 2. The zero-order valence-corrected chi connectivity index (χ0v) is 20.0. The van der Waals surface area contributed by atoms with Gasteiger partial charge in [0.15, 0.2) is 0 Å². The number of carbonyl (C=O) groups is 2. The molecule has 0 spiro atoms. The quantitative estimate of drug-likeness (QED) is 0.344. The lowest BCUT2D eigenvalue weighted by atomic mass is 10.1. The van der Waals surface area contributed by atoms with Crippen LogP contribution in [0.5, 0.6) is 0 Å². The summed E-state index contributed by atoms with van der Waals surface area (Å²) in [6.07, 6.45) is 1.95. The van der Waals surface area contributed by atoms with Gasteiger partial charge in [0, 0.05) is 12.3 Å². The molecule has 0 bridgehead atoms. The van der Waals surface area contributed by atoms with Gasteiger partial charge in [-0.25, -0.2) is 0 Å². The van der Waals surface area contributed by atoms with Crippen molar-refractivity contribution in [2.24, 2.45) is 5.73 Å². The van der Waals surface area contributed by atoms with Crippen molar-refractivity contribution in [3.8, 4) is 0 Å². The number of carbonyl (C=O) groups excluding carboxylic acids is 1. The van der Waals surface area contributed by atoms with E-state index in [1.54, 1.807) is 6.92 Å². The lowest BCUT2D eigenvalue weighted by Gasteiger charge is -2.23. The molecule has 2 aromatic carbocycles. The number of carboxylic acids is 1. The summed E-state index contributed by atoms with van der Waals surface area (Å²) in [5.74, 6) is -1.29. The van der Waals surface area contributed by atoms with E-state index in [9.17, 15) is 14.2 Å². The molecule has 0 aliphatic carbocycles. The SMILES string of the molecule is CCOC(=O)[C@H](Cc1ccccc1)NP(=O)(CC)CC.N[C@@H](Cc1ccccc1)C(=O)O.